The van der Waals surface area contributed by atoms with Crippen LogP contribution in [0.2, 0.25) is 0 Å². The average Bonchev–Trinajstić information content (AvgIpc) is 2.56. The van der Waals surface area contributed by atoms with Crippen molar-refractivity contribution in [3.63, 3.8) is 0 Å². The summed E-state index contributed by atoms with van der Waals surface area (Å²) in [6.07, 6.45) is 1.20. The molecule has 1 N–H and O–H groups in total. The van der Waals surface area contributed by atoms with E-state index >= 15 is 0 Å². The fraction of sp³-hybridized carbons (Fsp3) is 0.636. The Labute approximate surface area is 99.9 Å². The molecule has 0 spiro atoms. The van der Waals surface area contributed by atoms with Crippen LogP contribution in [0.1, 0.15) is 30.4 Å². The molecule has 2 rings (SSSR count). The number of hydrogen-bond acceptors (Lipinski definition) is 4. The molecule has 1 fully saturated rings. The summed E-state index contributed by atoms with van der Waals surface area (Å²) in [4.78, 5) is 4.57. The SMILES string of the molecule is Cc1noc(C)c1CN=C1NC(C)CCS1. The minimum Gasteiger partial charge on any atom is -0.362 e. The molecule has 0 aromatic carbocycles. The molecule has 1 saturated heterocycles. The van der Waals surface area contributed by atoms with Crippen LogP contribution >= 0.6 is 11.8 Å². The van der Waals surface area contributed by atoms with Crippen molar-refractivity contribution in [3.05, 3.63) is 17.0 Å². The summed E-state index contributed by atoms with van der Waals surface area (Å²) in [7, 11) is 0. The van der Waals surface area contributed by atoms with E-state index in [-0.39, 0.29) is 0 Å². The second kappa shape index (κ2) is 4.91. The first-order valence-corrected chi connectivity index (χ1v) is 6.51. The van der Waals surface area contributed by atoms with Crippen LogP contribution in [0.5, 0.6) is 0 Å². The Bertz CT molecular complexity index is 380. The van der Waals surface area contributed by atoms with Crippen LogP contribution in [0.3, 0.4) is 0 Å². The minimum atomic E-state index is 0.532. The molecule has 0 bridgehead atoms. The van der Waals surface area contributed by atoms with Gasteiger partial charge in [0, 0.05) is 17.4 Å². The molecule has 16 heavy (non-hydrogen) atoms. The van der Waals surface area contributed by atoms with Crippen LogP contribution in [0.15, 0.2) is 9.52 Å². The van der Waals surface area contributed by atoms with Gasteiger partial charge in [0.15, 0.2) is 5.17 Å². The van der Waals surface area contributed by atoms with Gasteiger partial charge < -0.3 is 9.84 Å². The number of aliphatic imine (C=N–C) groups is 1. The number of aryl methyl sites for hydroxylation is 2. The molecule has 0 aliphatic carbocycles. The molecule has 0 radical (unpaired) electrons. The van der Waals surface area contributed by atoms with Crippen molar-refractivity contribution in [2.45, 2.75) is 39.8 Å². The highest BCUT2D eigenvalue weighted by atomic mass is 32.2. The van der Waals surface area contributed by atoms with E-state index in [2.05, 4.69) is 22.4 Å². The van der Waals surface area contributed by atoms with Crippen LogP contribution in [0.4, 0.5) is 0 Å². The van der Waals surface area contributed by atoms with Gasteiger partial charge in [0.05, 0.1) is 12.2 Å². The minimum absolute atomic E-state index is 0.532. The van der Waals surface area contributed by atoms with Gasteiger partial charge in [0.1, 0.15) is 5.76 Å². The summed E-state index contributed by atoms with van der Waals surface area (Å²) in [5.74, 6) is 2.02. The summed E-state index contributed by atoms with van der Waals surface area (Å²) in [5, 5.41) is 8.34. The van der Waals surface area contributed by atoms with Gasteiger partial charge in [-0.3, -0.25) is 4.99 Å². The van der Waals surface area contributed by atoms with Crippen molar-refractivity contribution >= 4 is 16.9 Å². The van der Waals surface area contributed by atoms with Crippen molar-refractivity contribution in [3.8, 4) is 0 Å². The first kappa shape index (κ1) is 11.5. The lowest BCUT2D eigenvalue weighted by molar-refractivity contribution is 0.392. The maximum atomic E-state index is 5.11. The van der Waals surface area contributed by atoms with Crippen LogP contribution in [-0.2, 0) is 6.54 Å². The second-order valence-corrected chi connectivity index (χ2v) is 5.19. The summed E-state index contributed by atoms with van der Waals surface area (Å²) in [6, 6.07) is 0.532. The molecule has 4 nitrogen and oxygen atoms in total. The Balaban J connectivity index is 2.03. The summed E-state index contributed by atoms with van der Waals surface area (Å²) in [5.41, 5.74) is 2.05. The van der Waals surface area contributed by atoms with Crippen LogP contribution in [0.25, 0.3) is 0 Å². The lowest BCUT2D eigenvalue weighted by atomic mass is 10.2. The summed E-state index contributed by atoms with van der Waals surface area (Å²) < 4.78 is 5.11. The molecule has 2 heterocycles. The van der Waals surface area contributed by atoms with E-state index in [1.165, 1.54) is 6.42 Å². The molecule has 5 heteroatoms. The Kier molecular flexibility index (Phi) is 3.53. The van der Waals surface area contributed by atoms with E-state index in [0.29, 0.717) is 12.6 Å². The third-order valence-electron chi connectivity index (χ3n) is 2.72. The van der Waals surface area contributed by atoms with E-state index in [9.17, 15) is 0 Å². The fourth-order valence-corrected chi connectivity index (χ4v) is 2.73. The van der Waals surface area contributed by atoms with Gasteiger partial charge in [0.25, 0.3) is 0 Å². The van der Waals surface area contributed by atoms with Gasteiger partial charge in [-0.1, -0.05) is 16.9 Å². The number of amidine groups is 1. The van der Waals surface area contributed by atoms with Crippen molar-refractivity contribution in [2.24, 2.45) is 4.99 Å². The number of rotatable bonds is 2. The van der Waals surface area contributed by atoms with Crippen molar-refractivity contribution in [2.75, 3.05) is 5.75 Å². The van der Waals surface area contributed by atoms with Gasteiger partial charge in [0.2, 0.25) is 0 Å². The summed E-state index contributed by atoms with van der Waals surface area (Å²) in [6.45, 7) is 6.73. The molecule has 1 unspecified atom stereocenters. The van der Waals surface area contributed by atoms with E-state index in [1.54, 1.807) is 11.8 Å². The van der Waals surface area contributed by atoms with Crippen LogP contribution < -0.4 is 5.32 Å². The number of nitrogens with one attached hydrogen (secondary N) is 1. The quantitative estimate of drug-likeness (QED) is 0.860. The zero-order chi connectivity index (χ0) is 11.5. The second-order valence-electron chi connectivity index (χ2n) is 4.11. The Hall–Kier alpha value is -0.970. The van der Waals surface area contributed by atoms with Gasteiger partial charge >= 0.3 is 0 Å². The molecule has 1 aliphatic heterocycles. The number of thioether (sulfide) groups is 1. The van der Waals surface area contributed by atoms with E-state index < -0.39 is 0 Å². The van der Waals surface area contributed by atoms with Crippen molar-refractivity contribution in [1.82, 2.24) is 10.5 Å². The van der Waals surface area contributed by atoms with Crippen molar-refractivity contribution < 1.29 is 4.52 Å². The monoisotopic (exact) mass is 239 g/mol. The molecular formula is C11H17N3OS. The Morgan fingerprint density at radius 3 is 3.00 bits per heavy atom. The number of hydrogen-bond donors (Lipinski definition) is 1. The van der Waals surface area contributed by atoms with Gasteiger partial charge in [-0.15, -0.1) is 0 Å². The zero-order valence-electron chi connectivity index (χ0n) is 9.91. The lowest BCUT2D eigenvalue weighted by Gasteiger charge is -2.21. The molecule has 0 amide bonds. The van der Waals surface area contributed by atoms with Crippen molar-refractivity contribution in [1.29, 1.82) is 0 Å². The smallest absolute Gasteiger partial charge is 0.157 e. The maximum absolute atomic E-state index is 5.11. The first-order valence-electron chi connectivity index (χ1n) is 5.52. The highest BCUT2D eigenvalue weighted by molar-refractivity contribution is 8.13. The van der Waals surface area contributed by atoms with E-state index in [0.717, 1.165) is 27.9 Å². The number of aromatic nitrogens is 1. The number of nitrogens with zero attached hydrogens (tertiary/aromatic N) is 2. The first-order chi connectivity index (χ1) is 7.66. The molecule has 1 aromatic heterocycles. The molecule has 1 aromatic rings. The van der Waals surface area contributed by atoms with Crippen LogP contribution in [-0.4, -0.2) is 22.1 Å². The Morgan fingerprint density at radius 2 is 2.38 bits per heavy atom. The van der Waals surface area contributed by atoms with E-state index in [4.69, 9.17) is 4.52 Å². The third-order valence-corrected chi connectivity index (χ3v) is 3.68. The Morgan fingerprint density at radius 1 is 1.56 bits per heavy atom. The molecule has 88 valence electrons. The van der Waals surface area contributed by atoms with Gasteiger partial charge in [-0.2, -0.15) is 0 Å². The zero-order valence-corrected chi connectivity index (χ0v) is 10.7. The lowest BCUT2D eigenvalue weighted by Crippen LogP contribution is -2.35. The molecule has 1 atom stereocenters. The standard InChI is InChI=1S/C11H17N3OS/c1-7-4-5-16-11(13-7)12-6-10-8(2)14-15-9(10)3/h7H,4-6H2,1-3H3,(H,12,13). The van der Waals surface area contributed by atoms with Gasteiger partial charge in [-0.05, 0) is 27.2 Å². The third kappa shape index (κ3) is 2.58. The maximum Gasteiger partial charge on any atom is 0.157 e. The summed E-state index contributed by atoms with van der Waals surface area (Å²) >= 11 is 1.79. The predicted octanol–water partition coefficient (Wildman–Crippen LogP) is 2.26. The van der Waals surface area contributed by atoms with Gasteiger partial charge in [-0.25, -0.2) is 0 Å². The topological polar surface area (TPSA) is 50.4 Å². The molecule has 0 saturated carbocycles. The van der Waals surface area contributed by atoms with Crippen LogP contribution in [0, 0.1) is 13.8 Å². The fourth-order valence-electron chi connectivity index (χ4n) is 1.63. The predicted molar refractivity (Wildman–Crippen MR) is 66.8 cm³/mol. The van der Waals surface area contributed by atoms with E-state index in [1.807, 2.05) is 13.8 Å². The average molecular weight is 239 g/mol. The molecular weight excluding hydrogens is 222 g/mol. The highest BCUT2D eigenvalue weighted by Gasteiger charge is 2.14. The normalized spacial score (nSPS) is 23.4. The largest absolute Gasteiger partial charge is 0.362 e. The highest BCUT2D eigenvalue weighted by Crippen LogP contribution is 2.17. The molecule has 1 aliphatic rings.